The summed E-state index contributed by atoms with van der Waals surface area (Å²) in [5.41, 5.74) is 1.34. The third kappa shape index (κ3) is 1.65. The number of rotatable bonds is 2. The molecule has 14 heavy (non-hydrogen) atoms. The molecule has 0 saturated carbocycles. The Balaban J connectivity index is 2.61. The van der Waals surface area contributed by atoms with Crippen LogP contribution in [0.2, 0.25) is 0 Å². The number of carbonyl (C=O) groups excluding carboxylic acids is 1. The number of thiazole rings is 1. The summed E-state index contributed by atoms with van der Waals surface area (Å²) in [4.78, 5) is 24.9. The number of benzene rings is 1. The first-order chi connectivity index (χ1) is 6.70. The number of H-pyrrole nitrogens is 1. The van der Waals surface area contributed by atoms with Crippen molar-refractivity contribution in [1.29, 1.82) is 0 Å². The van der Waals surface area contributed by atoms with E-state index < -0.39 is 0 Å². The second-order valence-electron chi connectivity index (χ2n) is 2.78. The van der Waals surface area contributed by atoms with Crippen LogP contribution in [0.5, 0.6) is 0 Å². The van der Waals surface area contributed by atoms with Crippen LogP contribution in [-0.2, 0) is 0 Å². The van der Waals surface area contributed by atoms with Crippen molar-refractivity contribution in [2.75, 3.05) is 5.33 Å². The molecular weight excluding hydrogens is 266 g/mol. The SMILES string of the molecule is O=C(CBr)c1ccc2sc(=O)[nH]c2c1. The Kier molecular flexibility index (Phi) is 2.52. The van der Waals surface area contributed by atoms with Gasteiger partial charge in [0.25, 0.3) is 0 Å². The molecular formula is C9H6BrNO2S. The number of alkyl halides is 1. The molecule has 1 aromatic carbocycles. The molecule has 0 amide bonds. The summed E-state index contributed by atoms with van der Waals surface area (Å²) in [6, 6.07) is 5.22. The summed E-state index contributed by atoms with van der Waals surface area (Å²) < 4.78 is 0.876. The maximum absolute atomic E-state index is 11.3. The average molecular weight is 272 g/mol. The van der Waals surface area contributed by atoms with Crippen molar-refractivity contribution in [2.45, 2.75) is 0 Å². The first-order valence-electron chi connectivity index (χ1n) is 3.93. The van der Waals surface area contributed by atoms with Gasteiger partial charge < -0.3 is 4.98 Å². The van der Waals surface area contributed by atoms with Crippen LogP contribution in [0.15, 0.2) is 23.0 Å². The van der Waals surface area contributed by atoms with Crippen LogP contribution >= 0.6 is 27.3 Å². The van der Waals surface area contributed by atoms with Crippen molar-refractivity contribution in [2.24, 2.45) is 0 Å². The number of nitrogens with one attached hydrogen (secondary N) is 1. The smallest absolute Gasteiger partial charge is 0.305 e. The quantitative estimate of drug-likeness (QED) is 0.672. The van der Waals surface area contributed by atoms with Crippen LogP contribution in [0, 0.1) is 0 Å². The lowest BCUT2D eigenvalue weighted by Crippen LogP contribution is -1.99. The number of halogens is 1. The zero-order valence-electron chi connectivity index (χ0n) is 7.04. The summed E-state index contributed by atoms with van der Waals surface area (Å²) in [6.07, 6.45) is 0. The maximum atomic E-state index is 11.3. The molecule has 2 rings (SSSR count). The molecule has 0 aliphatic rings. The van der Waals surface area contributed by atoms with E-state index in [1.54, 1.807) is 18.2 Å². The van der Waals surface area contributed by atoms with E-state index in [1.807, 2.05) is 0 Å². The van der Waals surface area contributed by atoms with Gasteiger partial charge in [-0.25, -0.2) is 0 Å². The van der Waals surface area contributed by atoms with E-state index in [0.717, 1.165) is 21.6 Å². The second-order valence-corrected chi connectivity index (χ2v) is 4.36. The van der Waals surface area contributed by atoms with Gasteiger partial charge in [-0.1, -0.05) is 27.3 Å². The number of fused-ring (bicyclic) bond motifs is 1. The highest BCUT2D eigenvalue weighted by atomic mass is 79.9. The summed E-state index contributed by atoms with van der Waals surface area (Å²) in [5.74, 6) is 0.0129. The summed E-state index contributed by atoms with van der Waals surface area (Å²) in [6.45, 7) is 0. The van der Waals surface area contributed by atoms with Gasteiger partial charge in [0.15, 0.2) is 5.78 Å². The van der Waals surface area contributed by atoms with E-state index in [4.69, 9.17) is 0 Å². The molecule has 0 spiro atoms. The minimum Gasteiger partial charge on any atom is -0.312 e. The average Bonchev–Trinajstić information content (AvgIpc) is 2.55. The zero-order valence-corrected chi connectivity index (χ0v) is 9.44. The fourth-order valence-corrected chi connectivity index (χ4v) is 2.24. The van der Waals surface area contributed by atoms with Gasteiger partial charge in [-0.15, -0.1) is 0 Å². The number of carbonyl (C=O) groups is 1. The Morgan fingerprint density at radius 3 is 3.00 bits per heavy atom. The highest BCUT2D eigenvalue weighted by molar-refractivity contribution is 9.09. The standard InChI is InChI=1S/C9H6BrNO2S/c10-4-7(12)5-1-2-8-6(3-5)11-9(13)14-8/h1-3H,4H2,(H,11,13). The van der Waals surface area contributed by atoms with Gasteiger partial charge in [0.2, 0.25) is 0 Å². The molecule has 1 aromatic heterocycles. The van der Waals surface area contributed by atoms with Crippen LogP contribution in [-0.4, -0.2) is 16.1 Å². The number of aromatic amines is 1. The van der Waals surface area contributed by atoms with E-state index in [0.29, 0.717) is 10.9 Å². The lowest BCUT2D eigenvalue weighted by atomic mass is 10.1. The molecule has 0 unspecified atom stereocenters. The number of Topliss-reactive ketones (excluding diaryl/α,β-unsaturated/α-hetero) is 1. The number of hydrogen-bond acceptors (Lipinski definition) is 3. The van der Waals surface area contributed by atoms with E-state index >= 15 is 0 Å². The topological polar surface area (TPSA) is 49.9 Å². The second kappa shape index (κ2) is 3.67. The van der Waals surface area contributed by atoms with E-state index in [1.165, 1.54) is 0 Å². The van der Waals surface area contributed by atoms with E-state index in [2.05, 4.69) is 20.9 Å². The summed E-state index contributed by atoms with van der Waals surface area (Å²) >= 11 is 4.25. The van der Waals surface area contributed by atoms with Crippen molar-refractivity contribution in [3.8, 4) is 0 Å². The molecule has 0 bridgehead atoms. The van der Waals surface area contributed by atoms with E-state index in [9.17, 15) is 9.59 Å². The lowest BCUT2D eigenvalue weighted by Gasteiger charge is -1.95. The molecule has 0 atom stereocenters. The molecule has 1 heterocycles. The van der Waals surface area contributed by atoms with Crippen molar-refractivity contribution in [1.82, 2.24) is 4.98 Å². The number of hydrogen-bond donors (Lipinski definition) is 1. The number of ketones is 1. The molecule has 2 aromatic rings. The molecule has 72 valence electrons. The van der Waals surface area contributed by atoms with Gasteiger partial charge in [-0.3, -0.25) is 9.59 Å². The Labute approximate surface area is 91.9 Å². The van der Waals surface area contributed by atoms with E-state index in [-0.39, 0.29) is 10.7 Å². The van der Waals surface area contributed by atoms with Gasteiger partial charge in [-0.2, -0.15) is 0 Å². The summed E-state index contributed by atoms with van der Waals surface area (Å²) in [7, 11) is 0. The molecule has 0 aliphatic heterocycles. The van der Waals surface area contributed by atoms with Crippen LogP contribution in [0.1, 0.15) is 10.4 Å². The van der Waals surface area contributed by atoms with Crippen LogP contribution < -0.4 is 4.87 Å². The van der Waals surface area contributed by atoms with Gasteiger partial charge in [0.05, 0.1) is 15.5 Å². The van der Waals surface area contributed by atoms with Gasteiger partial charge in [-0.05, 0) is 18.2 Å². The Morgan fingerprint density at radius 1 is 1.50 bits per heavy atom. The Hall–Kier alpha value is -0.940. The molecule has 3 nitrogen and oxygen atoms in total. The molecule has 0 aliphatic carbocycles. The molecule has 0 radical (unpaired) electrons. The predicted octanol–water partition coefficient (Wildman–Crippen LogP) is 2.17. The maximum Gasteiger partial charge on any atom is 0.305 e. The number of aromatic nitrogens is 1. The molecule has 0 saturated heterocycles. The van der Waals surface area contributed by atoms with Gasteiger partial charge in [0.1, 0.15) is 0 Å². The fraction of sp³-hybridized carbons (Fsp3) is 0.111. The lowest BCUT2D eigenvalue weighted by molar-refractivity contribution is 0.102. The van der Waals surface area contributed by atoms with Crippen molar-refractivity contribution >= 4 is 43.3 Å². The highest BCUT2D eigenvalue weighted by Crippen LogP contribution is 2.16. The minimum absolute atomic E-state index is 0.0129. The largest absolute Gasteiger partial charge is 0.312 e. The van der Waals surface area contributed by atoms with Gasteiger partial charge in [0, 0.05) is 5.56 Å². The van der Waals surface area contributed by atoms with Crippen molar-refractivity contribution in [3.05, 3.63) is 33.4 Å². The van der Waals surface area contributed by atoms with Crippen LogP contribution in [0.3, 0.4) is 0 Å². The normalized spacial score (nSPS) is 10.6. The molecule has 0 fully saturated rings. The highest BCUT2D eigenvalue weighted by Gasteiger charge is 2.06. The van der Waals surface area contributed by atoms with Crippen molar-refractivity contribution < 1.29 is 4.79 Å². The van der Waals surface area contributed by atoms with Gasteiger partial charge >= 0.3 is 4.87 Å². The monoisotopic (exact) mass is 271 g/mol. The van der Waals surface area contributed by atoms with Crippen LogP contribution in [0.4, 0.5) is 0 Å². The third-order valence-electron chi connectivity index (χ3n) is 1.86. The zero-order chi connectivity index (χ0) is 10.1. The molecule has 5 heteroatoms. The fourth-order valence-electron chi connectivity index (χ4n) is 1.20. The first kappa shape index (κ1) is 9.61. The Bertz CT molecular complexity index is 543. The third-order valence-corrected chi connectivity index (χ3v) is 3.23. The van der Waals surface area contributed by atoms with Crippen LogP contribution in [0.25, 0.3) is 10.2 Å². The Morgan fingerprint density at radius 2 is 2.29 bits per heavy atom. The van der Waals surface area contributed by atoms with Crippen molar-refractivity contribution in [3.63, 3.8) is 0 Å². The molecule has 1 N–H and O–H groups in total. The predicted molar refractivity (Wildman–Crippen MR) is 60.6 cm³/mol. The minimum atomic E-state index is -0.0940. The summed E-state index contributed by atoms with van der Waals surface area (Å²) in [5, 5.41) is 0.298. The first-order valence-corrected chi connectivity index (χ1v) is 5.86.